The Morgan fingerprint density at radius 2 is 1.72 bits per heavy atom. The van der Waals surface area contributed by atoms with Crippen molar-refractivity contribution in [2.45, 2.75) is 6.54 Å². The van der Waals surface area contributed by atoms with Crippen LogP contribution >= 0.6 is 0 Å². The van der Waals surface area contributed by atoms with E-state index in [0.29, 0.717) is 35.0 Å². The van der Waals surface area contributed by atoms with Gasteiger partial charge in [-0.1, -0.05) is 12.1 Å². The molecule has 0 aliphatic rings. The minimum Gasteiger partial charge on any atom is -0.497 e. The number of carbonyl (C=O) groups is 1. The van der Waals surface area contributed by atoms with Gasteiger partial charge in [0.05, 0.1) is 32.6 Å². The quantitative estimate of drug-likeness (QED) is 0.603. The van der Waals surface area contributed by atoms with E-state index in [0.717, 1.165) is 11.3 Å². The summed E-state index contributed by atoms with van der Waals surface area (Å²) in [5.74, 6) is 1.76. The van der Waals surface area contributed by atoms with Gasteiger partial charge in [-0.05, 0) is 35.9 Å². The Kier molecular flexibility index (Phi) is 6.52. The van der Waals surface area contributed by atoms with Gasteiger partial charge in [0.2, 0.25) is 0 Å². The first-order valence-corrected chi connectivity index (χ1v) is 8.98. The molecule has 7 nitrogen and oxygen atoms in total. The van der Waals surface area contributed by atoms with Gasteiger partial charge in [-0.25, -0.2) is 0 Å². The standard InChI is InChI=1S/C22H23N3O4/c1-27-19-6-4-5-17(11-19)25-22(26)16-10-18(14-23-13-16)24-12-15-7-8-20(28-2)21(9-15)29-3/h4-11,13-14,24H,12H2,1-3H3,(H,25,26). The Morgan fingerprint density at radius 3 is 2.48 bits per heavy atom. The highest BCUT2D eigenvalue weighted by atomic mass is 16.5. The van der Waals surface area contributed by atoms with Crippen LogP contribution in [0.25, 0.3) is 0 Å². The van der Waals surface area contributed by atoms with Crippen LogP contribution in [0.15, 0.2) is 60.9 Å². The van der Waals surface area contributed by atoms with Gasteiger partial charge in [-0.15, -0.1) is 0 Å². The molecule has 0 saturated carbocycles. The largest absolute Gasteiger partial charge is 0.497 e. The lowest BCUT2D eigenvalue weighted by Gasteiger charge is -2.11. The number of rotatable bonds is 8. The van der Waals surface area contributed by atoms with Crippen LogP contribution in [0.1, 0.15) is 15.9 Å². The molecule has 1 amide bonds. The van der Waals surface area contributed by atoms with Crippen LogP contribution in [0.3, 0.4) is 0 Å². The van der Waals surface area contributed by atoms with Crippen molar-refractivity contribution in [3.63, 3.8) is 0 Å². The molecule has 29 heavy (non-hydrogen) atoms. The summed E-state index contributed by atoms with van der Waals surface area (Å²) in [6.45, 7) is 0.545. The average molecular weight is 393 g/mol. The summed E-state index contributed by atoms with van der Waals surface area (Å²) >= 11 is 0. The molecule has 0 spiro atoms. The predicted octanol–water partition coefficient (Wildman–Crippen LogP) is 3.97. The average Bonchev–Trinajstić information content (AvgIpc) is 2.77. The molecule has 1 heterocycles. The molecule has 0 radical (unpaired) electrons. The van der Waals surface area contributed by atoms with E-state index in [1.807, 2.05) is 30.3 Å². The molecule has 3 rings (SSSR count). The van der Waals surface area contributed by atoms with Gasteiger partial charge in [-0.3, -0.25) is 9.78 Å². The van der Waals surface area contributed by atoms with E-state index < -0.39 is 0 Å². The molecular weight excluding hydrogens is 370 g/mol. The number of pyridine rings is 1. The monoisotopic (exact) mass is 393 g/mol. The summed E-state index contributed by atoms with van der Waals surface area (Å²) in [6, 6.07) is 14.6. The number of anilines is 2. The van der Waals surface area contributed by atoms with E-state index in [1.165, 1.54) is 6.20 Å². The van der Waals surface area contributed by atoms with Crippen molar-refractivity contribution in [3.05, 3.63) is 72.1 Å². The molecule has 0 atom stereocenters. The lowest BCUT2D eigenvalue weighted by Crippen LogP contribution is -2.13. The van der Waals surface area contributed by atoms with Crippen molar-refractivity contribution in [2.75, 3.05) is 32.0 Å². The van der Waals surface area contributed by atoms with Gasteiger partial charge in [-0.2, -0.15) is 0 Å². The molecule has 3 aromatic rings. The number of hydrogen-bond acceptors (Lipinski definition) is 6. The van der Waals surface area contributed by atoms with Crippen LogP contribution < -0.4 is 24.8 Å². The summed E-state index contributed by atoms with van der Waals surface area (Å²) < 4.78 is 15.8. The minimum atomic E-state index is -0.250. The molecule has 2 aromatic carbocycles. The first-order chi connectivity index (χ1) is 14.1. The topological polar surface area (TPSA) is 81.7 Å². The van der Waals surface area contributed by atoms with Gasteiger partial charge >= 0.3 is 0 Å². The fourth-order valence-corrected chi connectivity index (χ4v) is 2.76. The Balaban J connectivity index is 1.67. The summed E-state index contributed by atoms with van der Waals surface area (Å²) in [5.41, 5.74) is 2.84. The maximum atomic E-state index is 12.5. The molecule has 0 saturated heterocycles. The van der Waals surface area contributed by atoms with Crippen LogP contribution in [-0.4, -0.2) is 32.2 Å². The number of benzene rings is 2. The van der Waals surface area contributed by atoms with Crippen molar-refractivity contribution < 1.29 is 19.0 Å². The van der Waals surface area contributed by atoms with E-state index in [-0.39, 0.29) is 5.91 Å². The van der Waals surface area contributed by atoms with Gasteiger partial charge in [0.1, 0.15) is 5.75 Å². The van der Waals surface area contributed by atoms with Gasteiger partial charge in [0.25, 0.3) is 5.91 Å². The van der Waals surface area contributed by atoms with Crippen LogP contribution in [-0.2, 0) is 6.54 Å². The van der Waals surface area contributed by atoms with Crippen molar-refractivity contribution in [1.29, 1.82) is 0 Å². The molecule has 0 aliphatic heterocycles. The Hall–Kier alpha value is -3.74. The molecule has 0 unspecified atom stereocenters. The van der Waals surface area contributed by atoms with Crippen molar-refractivity contribution in [3.8, 4) is 17.2 Å². The minimum absolute atomic E-state index is 0.250. The van der Waals surface area contributed by atoms with Gasteiger partial charge in [0.15, 0.2) is 11.5 Å². The lowest BCUT2D eigenvalue weighted by atomic mass is 10.2. The fraction of sp³-hybridized carbons (Fsp3) is 0.182. The first kappa shape index (κ1) is 20.0. The normalized spacial score (nSPS) is 10.2. The van der Waals surface area contributed by atoms with E-state index in [2.05, 4.69) is 15.6 Å². The predicted molar refractivity (Wildman–Crippen MR) is 112 cm³/mol. The molecule has 1 aromatic heterocycles. The number of nitrogens with zero attached hydrogens (tertiary/aromatic N) is 1. The van der Waals surface area contributed by atoms with Crippen molar-refractivity contribution >= 4 is 17.3 Å². The molecule has 2 N–H and O–H groups in total. The number of ether oxygens (including phenoxy) is 3. The first-order valence-electron chi connectivity index (χ1n) is 8.98. The van der Waals surface area contributed by atoms with Crippen molar-refractivity contribution in [2.24, 2.45) is 0 Å². The van der Waals surface area contributed by atoms with E-state index in [1.54, 1.807) is 45.7 Å². The number of methoxy groups -OCH3 is 3. The van der Waals surface area contributed by atoms with E-state index >= 15 is 0 Å². The number of aromatic nitrogens is 1. The summed E-state index contributed by atoms with van der Waals surface area (Å²) in [7, 11) is 4.78. The fourth-order valence-electron chi connectivity index (χ4n) is 2.76. The second-order valence-corrected chi connectivity index (χ2v) is 6.19. The molecular formula is C22H23N3O4. The zero-order chi connectivity index (χ0) is 20.6. The zero-order valence-corrected chi connectivity index (χ0v) is 16.6. The Labute approximate surface area is 169 Å². The van der Waals surface area contributed by atoms with E-state index in [9.17, 15) is 4.79 Å². The lowest BCUT2D eigenvalue weighted by molar-refractivity contribution is 0.102. The molecule has 0 bridgehead atoms. The number of nitrogens with one attached hydrogen (secondary N) is 2. The van der Waals surface area contributed by atoms with Crippen molar-refractivity contribution in [1.82, 2.24) is 4.98 Å². The molecule has 7 heteroatoms. The third-order valence-electron chi connectivity index (χ3n) is 4.27. The maximum absolute atomic E-state index is 12.5. The highest BCUT2D eigenvalue weighted by Gasteiger charge is 2.09. The third-order valence-corrected chi connectivity index (χ3v) is 4.27. The molecule has 0 aliphatic carbocycles. The smallest absolute Gasteiger partial charge is 0.257 e. The summed E-state index contributed by atoms with van der Waals surface area (Å²) in [6.07, 6.45) is 3.19. The van der Waals surface area contributed by atoms with Crippen LogP contribution in [0.4, 0.5) is 11.4 Å². The van der Waals surface area contributed by atoms with E-state index in [4.69, 9.17) is 14.2 Å². The molecule has 150 valence electrons. The number of hydrogen-bond donors (Lipinski definition) is 2. The maximum Gasteiger partial charge on any atom is 0.257 e. The molecule has 0 fully saturated rings. The Morgan fingerprint density at radius 1 is 0.897 bits per heavy atom. The number of carbonyl (C=O) groups excluding carboxylic acids is 1. The second-order valence-electron chi connectivity index (χ2n) is 6.19. The summed E-state index contributed by atoms with van der Waals surface area (Å²) in [5, 5.41) is 6.11. The Bertz CT molecular complexity index is 991. The number of amides is 1. The summed E-state index contributed by atoms with van der Waals surface area (Å²) in [4.78, 5) is 16.7. The SMILES string of the molecule is COc1cccc(NC(=O)c2cncc(NCc3ccc(OC)c(OC)c3)c2)c1. The van der Waals surface area contributed by atoms with Gasteiger partial charge in [0, 0.05) is 30.7 Å². The third kappa shape index (κ3) is 5.16. The van der Waals surface area contributed by atoms with Crippen LogP contribution in [0.2, 0.25) is 0 Å². The van der Waals surface area contributed by atoms with Gasteiger partial charge < -0.3 is 24.8 Å². The van der Waals surface area contributed by atoms with Crippen LogP contribution in [0, 0.1) is 0 Å². The highest BCUT2D eigenvalue weighted by molar-refractivity contribution is 6.04. The zero-order valence-electron chi connectivity index (χ0n) is 16.6. The second kappa shape index (κ2) is 9.45. The highest BCUT2D eigenvalue weighted by Crippen LogP contribution is 2.28. The van der Waals surface area contributed by atoms with Crippen LogP contribution in [0.5, 0.6) is 17.2 Å².